The first kappa shape index (κ1) is 12.4. The van der Waals surface area contributed by atoms with E-state index in [1.54, 1.807) is 0 Å². The molecule has 1 amide bonds. The van der Waals surface area contributed by atoms with Crippen LogP contribution < -0.4 is 5.32 Å². The minimum atomic E-state index is -0.00290. The van der Waals surface area contributed by atoms with Gasteiger partial charge in [0.2, 0.25) is 5.91 Å². The van der Waals surface area contributed by atoms with Crippen LogP contribution in [0.2, 0.25) is 0 Å². The Hall–Kier alpha value is -0.610. The van der Waals surface area contributed by atoms with Crippen molar-refractivity contribution in [1.29, 1.82) is 0 Å². The van der Waals surface area contributed by atoms with Gasteiger partial charge in [-0.25, -0.2) is 0 Å². The number of nitrogens with zero attached hydrogens (tertiary/aromatic N) is 1. The van der Waals surface area contributed by atoms with Crippen LogP contribution in [0, 0.1) is 17.8 Å². The van der Waals surface area contributed by atoms with Gasteiger partial charge in [-0.05, 0) is 39.0 Å². The van der Waals surface area contributed by atoms with Crippen molar-refractivity contribution >= 4 is 5.91 Å². The smallest absolute Gasteiger partial charge is 0.228 e. The van der Waals surface area contributed by atoms with E-state index in [0.717, 1.165) is 26.1 Å². The van der Waals surface area contributed by atoms with Crippen LogP contribution in [0.5, 0.6) is 0 Å². The molecule has 0 spiro atoms. The van der Waals surface area contributed by atoms with E-state index in [0.29, 0.717) is 24.3 Å². The Balaban J connectivity index is 1.74. The molecule has 3 fully saturated rings. The molecule has 4 nitrogen and oxygen atoms in total. The number of amides is 1. The first-order valence-corrected chi connectivity index (χ1v) is 7.14. The van der Waals surface area contributed by atoms with Gasteiger partial charge in [0, 0.05) is 25.2 Å². The first-order valence-electron chi connectivity index (χ1n) is 7.14. The van der Waals surface area contributed by atoms with Crippen LogP contribution in [-0.2, 0) is 9.53 Å². The molecule has 3 aliphatic rings. The molecule has 3 aliphatic heterocycles. The lowest BCUT2D eigenvalue weighted by Crippen LogP contribution is -2.49. The van der Waals surface area contributed by atoms with Crippen molar-refractivity contribution in [3.05, 3.63) is 0 Å². The molecular formula is C14H24N2O2. The Morgan fingerprint density at radius 2 is 2.17 bits per heavy atom. The summed E-state index contributed by atoms with van der Waals surface area (Å²) in [5.74, 6) is 1.66. The predicted molar refractivity (Wildman–Crippen MR) is 69.2 cm³/mol. The van der Waals surface area contributed by atoms with Crippen LogP contribution in [0.25, 0.3) is 0 Å². The van der Waals surface area contributed by atoms with E-state index in [1.165, 1.54) is 0 Å². The molecule has 0 saturated carbocycles. The van der Waals surface area contributed by atoms with E-state index < -0.39 is 0 Å². The Labute approximate surface area is 109 Å². The molecule has 18 heavy (non-hydrogen) atoms. The third-order valence-electron chi connectivity index (χ3n) is 5.17. The number of rotatable bonds is 1. The summed E-state index contributed by atoms with van der Waals surface area (Å²) in [5, 5.41) is 3.45. The molecule has 1 N–H and O–H groups in total. The molecule has 0 aromatic heterocycles. The fraction of sp³-hybridized carbons (Fsp3) is 0.929. The van der Waals surface area contributed by atoms with E-state index in [9.17, 15) is 4.79 Å². The number of likely N-dealkylation sites (tertiary alicyclic amines) is 1. The second kappa shape index (κ2) is 4.20. The van der Waals surface area contributed by atoms with Crippen LogP contribution in [0.3, 0.4) is 0 Å². The average molecular weight is 252 g/mol. The summed E-state index contributed by atoms with van der Waals surface area (Å²) in [6.45, 7) is 10.2. The molecule has 4 atom stereocenters. The molecule has 4 unspecified atom stereocenters. The van der Waals surface area contributed by atoms with Gasteiger partial charge >= 0.3 is 0 Å². The van der Waals surface area contributed by atoms with Gasteiger partial charge < -0.3 is 15.0 Å². The number of fused-ring (bicyclic) bond motifs is 1. The number of hydrogen-bond donors (Lipinski definition) is 1. The molecule has 0 aromatic rings. The van der Waals surface area contributed by atoms with Crippen LogP contribution >= 0.6 is 0 Å². The predicted octanol–water partition coefficient (Wildman–Crippen LogP) is 0.868. The summed E-state index contributed by atoms with van der Waals surface area (Å²) in [4.78, 5) is 14.8. The van der Waals surface area contributed by atoms with Crippen molar-refractivity contribution in [3.8, 4) is 0 Å². The molecule has 4 heteroatoms. The molecular weight excluding hydrogens is 228 g/mol. The maximum absolute atomic E-state index is 12.7. The van der Waals surface area contributed by atoms with Gasteiger partial charge in [0.15, 0.2) is 0 Å². The summed E-state index contributed by atoms with van der Waals surface area (Å²) in [7, 11) is 0. The van der Waals surface area contributed by atoms with Crippen molar-refractivity contribution in [2.24, 2.45) is 17.8 Å². The largest absolute Gasteiger partial charge is 0.378 e. The minimum absolute atomic E-state index is 0.00290. The van der Waals surface area contributed by atoms with Crippen molar-refractivity contribution in [2.45, 2.75) is 38.8 Å². The highest BCUT2D eigenvalue weighted by Gasteiger charge is 2.52. The van der Waals surface area contributed by atoms with Gasteiger partial charge in [-0.2, -0.15) is 0 Å². The fourth-order valence-electron chi connectivity index (χ4n) is 4.01. The van der Waals surface area contributed by atoms with E-state index in [2.05, 4.69) is 31.0 Å². The van der Waals surface area contributed by atoms with Crippen molar-refractivity contribution in [2.75, 3.05) is 26.2 Å². The van der Waals surface area contributed by atoms with Gasteiger partial charge in [0.25, 0.3) is 0 Å². The molecule has 0 radical (unpaired) electrons. The van der Waals surface area contributed by atoms with Gasteiger partial charge in [-0.1, -0.05) is 0 Å². The standard InChI is InChI=1S/C14H24N2O2/c1-9-4-10(8-18-9)13(17)16-7-11-5-15-6-12(11)14(16,2)3/h9-12,15H,4-8H2,1-3H3. The van der Waals surface area contributed by atoms with Gasteiger partial charge in [0.1, 0.15) is 0 Å². The normalized spacial score (nSPS) is 42.3. The monoisotopic (exact) mass is 252 g/mol. The summed E-state index contributed by atoms with van der Waals surface area (Å²) in [6.07, 6.45) is 1.13. The maximum Gasteiger partial charge on any atom is 0.228 e. The lowest BCUT2D eigenvalue weighted by atomic mass is 9.84. The van der Waals surface area contributed by atoms with Crippen molar-refractivity contribution in [3.63, 3.8) is 0 Å². The number of carbonyl (C=O) groups is 1. The Morgan fingerprint density at radius 3 is 2.78 bits per heavy atom. The second-order valence-electron chi connectivity index (χ2n) is 6.70. The maximum atomic E-state index is 12.7. The second-order valence-corrected chi connectivity index (χ2v) is 6.70. The van der Waals surface area contributed by atoms with Crippen molar-refractivity contribution < 1.29 is 9.53 Å². The van der Waals surface area contributed by atoms with Crippen LogP contribution in [-0.4, -0.2) is 48.7 Å². The molecule has 3 rings (SSSR count). The highest BCUT2D eigenvalue weighted by Crippen LogP contribution is 2.41. The zero-order chi connectivity index (χ0) is 12.9. The number of carbonyl (C=O) groups excluding carboxylic acids is 1. The first-order chi connectivity index (χ1) is 8.50. The molecule has 3 heterocycles. The Bertz CT molecular complexity index is 356. The average Bonchev–Trinajstić information content (AvgIpc) is 2.96. The van der Waals surface area contributed by atoms with Gasteiger partial charge in [-0.3, -0.25) is 4.79 Å². The van der Waals surface area contributed by atoms with Crippen LogP contribution in [0.15, 0.2) is 0 Å². The van der Waals surface area contributed by atoms with Gasteiger partial charge in [0.05, 0.1) is 18.6 Å². The summed E-state index contributed by atoms with van der Waals surface area (Å²) in [5.41, 5.74) is -0.00290. The van der Waals surface area contributed by atoms with E-state index in [-0.39, 0.29) is 17.6 Å². The highest BCUT2D eigenvalue weighted by molar-refractivity contribution is 5.80. The van der Waals surface area contributed by atoms with E-state index in [4.69, 9.17) is 4.74 Å². The zero-order valence-electron chi connectivity index (χ0n) is 11.6. The quantitative estimate of drug-likeness (QED) is 0.753. The zero-order valence-corrected chi connectivity index (χ0v) is 11.6. The van der Waals surface area contributed by atoms with Gasteiger partial charge in [-0.15, -0.1) is 0 Å². The number of ether oxygens (including phenoxy) is 1. The summed E-state index contributed by atoms with van der Waals surface area (Å²) in [6, 6.07) is 0. The third-order valence-corrected chi connectivity index (χ3v) is 5.17. The Kier molecular flexibility index (Phi) is 2.90. The van der Waals surface area contributed by atoms with E-state index in [1.807, 2.05) is 0 Å². The summed E-state index contributed by atoms with van der Waals surface area (Å²) < 4.78 is 5.55. The number of hydrogen-bond acceptors (Lipinski definition) is 3. The lowest BCUT2D eigenvalue weighted by molar-refractivity contribution is -0.139. The Morgan fingerprint density at radius 1 is 1.39 bits per heavy atom. The molecule has 0 bridgehead atoms. The minimum Gasteiger partial charge on any atom is -0.378 e. The molecule has 3 saturated heterocycles. The van der Waals surface area contributed by atoms with E-state index >= 15 is 0 Å². The highest BCUT2D eigenvalue weighted by atomic mass is 16.5. The third kappa shape index (κ3) is 1.77. The number of nitrogens with one attached hydrogen (secondary N) is 1. The molecule has 0 aromatic carbocycles. The topological polar surface area (TPSA) is 41.6 Å². The molecule has 102 valence electrons. The van der Waals surface area contributed by atoms with Crippen LogP contribution in [0.1, 0.15) is 27.2 Å². The molecule has 0 aliphatic carbocycles. The van der Waals surface area contributed by atoms with Crippen LogP contribution in [0.4, 0.5) is 0 Å². The fourth-order valence-corrected chi connectivity index (χ4v) is 4.01. The summed E-state index contributed by atoms with van der Waals surface area (Å²) >= 11 is 0. The lowest BCUT2D eigenvalue weighted by Gasteiger charge is -2.37. The SMILES string of the molecule is CC1CC(C(=O)N2CC3CNCC3C2(C)C)CO1. The van der Waals surface area contributed by atoms with Crippen molar-refractivity contribution in [1.82, 2.24) is 10.2 Å².